The van der Waals surface area contributed by atoms with Crippen molar-refractivity contribution >= 4 is 33.2 Å². The summed E-state index contributed by atoms with van der Waals surface area (Å²) in [5.74, 6) is 0.853. The second-order valence-electron chi connectivity index (χ2n) is 9.09. The van der Waals surface area contributed by atoms with Gasteiger partial charge in [-0.15, -0.1) is 0 Å². The Hall–Kier alpha value is -3.43. The van der Waals surface area contributed by atoms with Crippen molar-refractivity contribution < 1.29 is 13.2 Å². The molecule has 0 saturated carbocycles. The number of fused-ring (bicyclic) bond motifs is 1. The number of piperazine rings is 1. The van der Waals surface area contributed by atoms with E-state index in [1.54, 1.807) is 23.2 Å². The maximum atomic E-state index is 13.5. The van der Waals surface area contributed by atoms with Crippen molar-refractivity contribution in [2.75, 3.05) is 41.3 Å². The van der Waals surface area contributed by atoms with Crippen molar-refractivity contribution in [2.24, 2.45) is 0 Å². The fourth-order valence-electron chi connectivity index (χ4n) is 4.73. The lowest BCUT2D eigenvalue weighted by atomic mass is 10.1. The Morgan fingerprint density at radius 1 is 1.00 bits per heavy atom. The van der Waals surface area contributed by atoms with Gasteiger partial charge in [0, 0.05) is 44.1 Å². The van der Waals surface area contributed by atoms with Gasteiger partial charge >= 0.3 is 6.03 Å². The molecule has 2 aliphatic rings. The predicted octanol–water partition coefficient (Wildman–Crippen LogP) is 3.88. The number of carbonyl (C=O) groups is 1. The molecule has 1 unspecified atom stereocenters. The number of nitrogens with one attached hydrogen (secondary N) is 1. The number of aryl methyl sites for hydroxylation is 1. The zero-order valence-electron chi connectivity index (χ0n) is 19.9. The van der Waals surface area contributed by atoms with Gasteiger partial charge in [0.25, 0.3) is 0 Å². The molecule has 1 N–H and O–H groups in total. The van der Waals surface area contributed by atoms with E-state index < -0.39 is 10.0 Å². The largest absolute Gasteiger partial charge is 0.354 e. The van der Waals surface area contributed by atoms with Crippen molar-refractivity contribution in [1.29, 1.82) is 0 Å². The highest BCUT2D eigenvalue weighted by Crippen LogP contribution is 2.35. The van der Waals surface area contributed by atoms with E-state index in [-0.39, 0.29) is 17.0 Å². The first kappa shape index (κ1) is 23.3. The molecule has 1 aromatic heterocycles. The molecule has 8 nitrogen and oxygen atoms in total. The fraction of sp³-hybridized carbons (Fsp3) is 0.308. The second-order valence-corrected chi connectivity index (χ2v) is 11.0. The number of benzene rings is 2. The molecule has 2 amide bonds. The Kier molecular flexibility index (Phi) is 6.21. The lowest BCUT2D eigenvalue weighted by molar-refractivity contribution is 0.256. The van der Waals surface area contributed by atoms with Crippen molar-refractivity contribution in [2.45, 2.75) is 31.2 Å². The number of pyridine rings is 1. The summed E-state index contributed by atoms with van der Waals surface area (Å²) in [7, 11) is -3.69. The molecule has 9 heteroatoms. The zero-order valence-corrected chi connectivity index (χ0v) is 20.7. The van der Waals surface area contributed by atoms with Crippen LogP contribution in [0.15, 0.2) is 71.8 Å². The second kappa shape index (κ2) is 9.31. The number of hydrogen-bond donors (Lipinski definition) is 1. The van der Waals surface area contributed by atoms with Crippen LogP contribution in [0.3, 0.4) is 0 Å². The minimum atomic E-state index is -3.69. The van der Waals surface area contributed by atoms with Gasteiger partial charge in [-0.25, -0.2) is 18.2 Å². The molecular weight excluding hydrogens is 462 g/mol. The van der Waals surface area contributed by atoms with E-state index in [2.05, 4.69) is 15.2 Å². The van der Waals surface area contributed by atoms with Gasteiger partial charge in [-0.1, -0.05) is 29.8 Å². The summed E-state index contributed by atoms with van der Waals surface area (Å²) < 4.78 is 28.5. The van der Waals surface area contributed by atoms with Gasteiger partial charge in [0.1, 0.15) is 5.82 Å². The van der Waals surface area contributed by atoms with Crippen LogP contribution in [0.4, 0.5) is 22.0 Å². The first-order valence-corrected chi connectivity index (χ1v) is 13.2. The summed E-state index contributed by atoms with van der Waals surface area (Å²) in [4.78, 5) is 21.5. The third-order valence-electron chi connectivity index (χ3n) is 6.64. The Morgan fingerprint density at radius 3 is 2.43 bits per heavy atom. The van der Waals surface area contributed by atoms with Crippen LogP contribution in [-0.4, -0.2) is 56.0 Å². The van der Waals surface area contributed by atoms with E-state index in [4.69, 9.17) is 0 Å². The molecule has 0 spiro atoms. The summed E-state index contributed by atoms with van der Waals surface area (Å²) in [5.41, 5.74) is 3.43. The van der Waals surface area contributed by atoms with E-state index in [1.165, 1.54) is 4.31 Å². The molecular formula is C26H29N5O3S. The topological polar surface area (TPSA) is 85.8 Å². The number of rotatable bonds is 4. The third-order valence-corrected chi connectivity index (χ3v) is 8.54. The normalized spacial score (nSPS) is 18.4. The van der Waals surface area contributed by atoms with Gasteiger partial charge in [0.15, 0.2) is 0 Å². The smallest absolute Gasteiger partial charge is 0.326 e. The van der Waals surface area contributed by atoms with Crippen molar-refractivity contribution in [3.05, 3.63) is 78.0 Å². The molecule has 0 radical (unpaired) electrons. The standard InChI is InChI=1S/C26H29N5O3S/c1-19-6-9-22(10-7-19)28-26(32)31-20(2)17-21-8-11-23(18-24(21)31)35(33,34)30-15-13-29(14-16-30)25-5-3-4-12-27-25/h3-12,18,20H,13-17H2,1-2H3,(H,28,32). The molecule has 1 fully saturated rings. The van der Waals surface area contributed by atoms with Crippen LogP contribution in [-0.2, 0) is 16.4 Å². The Bertz CT molecular complexity index is 1320. The van der Waals surface area contributed by atoms with Crippen LogP contribution < -0.4 is 15.1 Å². The van der Waals surface area contributed by atoms with Crippen LogP contribution in [0.1, 0.15) is 18.1 Å². The van der Waals surface area contributed by atoms with Crippen molar-refractivity contribution in [1.82, 2.24) is 9.29 Å². The zero-order chi connectivity index (χ0) is 24.6. The lowest BCUT2D eigenvalue weighted by Crippen LogP contribution is -2.48. The molecule has 1 atom stereocenters. The molecule has 3 aromatic rings. The van der Waals surface area contributed by atoms with E-state index in [0.717, 1.165) is 16.9 Å². The molecule has 2 aromatic carbocycles. The molecule has 3 heterocycles. The van der Waals surface area contributed by atoms with Gasteiger partial charge in [0.05, 0.1) is 10.6 Å². The first-order chi connectivity index (χ1) is 16.8. The quantitative estimate of drug-likeness (QED) is 0.599. The van der Waals surface area contributed by atoms with Gasteiger partial charge in [-0.05, 0) is 62.2 Å². The van der Waals surface area contributed by atoms with E-state index >= 15 is 0 Å². The molecule has 182 valence electrons. The molecule has 0 bridgehead atoms. The number of nitrogens with zero attached hydrogens (tertiary/aromatic N) is 4. The number of aromatic nitrogens is 1. The van der Waals surface area contributed by atoms with Crippen LogP contribution in [0.5, 0.6) is 0 Å². The summed E-state index contributed by atoms with van der Waals surface area (Å²) >= 11 is 0. The van der Waals surface area contributed by atoms with Crippen LogP contribution in [0.25, 0.3) is 0 Å². The monoisotopic (exact) mass is 491 g/mol. The van der Waals surface area contributed by atoms with Crippen LogP contribution >= 0.6 is 0 Å². The SMILES string of the molecule is Cc1ccc(NC(=O)N2c3cc(S(=O)(=O)N4CCN(c5ccccn5)CC4)ccc3CC2C)cc1. The summed E-state index contributed by atoms with van der Waals surface area (Å²) in [6.45, 7) is 5.87. The average molecular weight is 492 g/mol. The minimum absolute atomic E-state index is 0.0738. The summed E-state index contributed by atoms with van der Waals surface area (Å²) in [6.07, 6.45) is 2.42. The lowest BCUT2D eigenvalue weighted by Gasteiger charge is -2.34. The van der Waals surface area contributed by atoms with Gasteiger partial charge in [0.2, 0.25) is 10.0 Å². The maximum Gasteiger partial charge on any atom is 0.326 e. The molecule has 5 rings (SSSR count). The van der Waals surface area contributed by atoms with E-state index in [1.807, 2.05) is 62.4 Å². The number of anilines is 3. The first-order valence-electron chi connectivity index (χ1n) is 11.8. The molecule has 35 heavy (non-hydrogen) atoms. The highest BCUT2D eigenvalue weighted by Gasteiger charge is 2.34. The third kappa shape index (κ3) is 4.61. The number of hydrogen-bond acceptors (Lipinski definition) is 5. The molecule has 1 saturated heterocycles. The number of carbonyl (C=O) groups excluding carboxylic acids is 1. The Balaban J connectivity index is 1.34. The van der Waals surface area contributed by atoms with Gasteiger partial charge < -0.3 is 10.2 Å². The molecule has 2 aliphatic heterocycles. The van der Waals surface area contributed by atoms with Crippen molar-refractivity contribution in [3.63, 3.8) is 0 Å². The number of amides is 2. The summed E-state index contributed by atoms with van der Waals surface area (Å²) in [5, 5.41) is 2.94. The summed E-state index contributed by atoms with van der Waals surface area (Å²) in [6, 6.07) is 18.1. The van der Waals surface area contributed by atoms with Crippen LogP contribution in [0, 0.1) is 6.92 Å². The van der Waals surface area contributed by atoms with Crippen LogP contribution in [0.2, 0.25) is 0 Å². The fourth-order valence-corrected chi connectivity index (χ4v) is 6.17. The van der Waals surface area contributed by atoms with Crippen molar-refractivity contribution in [3.8, 4) is 0 Å². The predicted molar refractivity (Wildman–Crippen MR) is 137 cm³/mol. The number of sulfonamides is 1. The van der Waals surface area contributed by atoms with E-state index in [9.17, 15) is 13.2 Å². The Morgan fingerprint density at radius 2 is 1.74 bits per heavy atom. The van der Waals surface area contributed by atoms with Gasteiger partial charge in [-0.3, -0.25) is 4.90 Å². The maximum absolute atomic E-state index is 13.5. The highest BCUT2D eigenvalue weighted by atomic mass is 32.2. The van der Waals surface area contributed by atoms with Gasteiger partial charge in [-0.2, -0.15) is 4.31 Å². The number of urea groups is 1. The highest BCUT2D eigenvalue weighted by molar-refractivity contribution is 7.89. The average Bonchev–Trinajstić information content (AvgIpc) is 3.21. The van der Waals surface area contributed by atoms with E-state index in [0.29, 0.717) is 44.0 Å². The minimum Gasteiger partial charge on any atom is -0.354 e. The Labute approximate surface area is 206 Å². The molecule has 0 aliphatic carbocycles.